The third-order valence-electron chi connectivity index (χ3n) is 7.21. The number of nitrogens with zero attached hydrogens (tertiary/aromatic N) is 1. The number of anilines is 2. The maximum Gasteiger partial charge on any atom is 0.305 e. The number of aromatic nitrogens is 1. The minimum Gasteiger partial charge on any atom is -0.508 e. The van der Waals surface area contributed by atoms with Crippen LogP contribution in [0.15, 0.2) is 76.6 Å². The van der Waals surface area contributed by atoms with Crippen molar-refractivity contribution in [2.75, 3.05) is 31.0 Å². The number of H-pyrrole nitrogens is 1. The van der Waals surface area contributed by atoms with Crippen LogP contribution in [-0.4, -0.2) is 53.9 Å². The van der Waals surface area contributed by atoms with Crippen molar-refractivity contribution in [3.8, 4) is 23.0 Å². The van der Waals surface area contributed by atoms with Crippen LogP contribution < -0.4 is 29.3 Å². The highest BCUT2D eigenvalue weighted by Crippen LogP contribution is 2.53. The molecule has 2 aliphatic heterocycles. The van der Waals surface area contributed by atoms with Gasteiger partial charge in [0.25, 0.3) is 5.91 Å². The lowest BCUT2D eigenvalue weighted by Gasteiger charge is -2.30. The molecular formula is C30H25N3O8S2. The summed E-state index contributed by atoms with van der Waals surface area (Å²) < 4.78 is 16.5. The van der Waals surface area contributed by atoms with E-state index >= 15 is 0 Å². The predicted molar refractivity (Wildman–Crippen MR) is 161 cm³/mol. The Kier molecular flexibility index (Phi) is 7.59. The Morgan fingerprint density at radius 2 is 1.70 bits per heavy atom. The molecule has 4 aromatic rings. The van der Waals surface area contributed by atoms with Gasteiger partial charge in [-0.25, -0.2) is 4.90 Å². The van der Waals surface area contributed by atoms with Crippen molar-refractivity contribution in [2.45, 2.75) is 16.2 Å². The van der Waals surface area contributed by atoms with E-state index in [4.69, 9.17) is 14.2 Å². The number of rotatable bonds is 8. The van der Waals surface area contributed by atoms with Crippen molar-refractivity contribution in [1.82, 2.24) is 4.98 Å². The summed E-state index contributed by atoms with van der Waals surface area (Å²) in [6.45, 7) is -0.311. The van der Waals surface area contributed by atoms with Gasteiger partial charge in [0.1, 0.15) is 16.7 Å². The number of hydrogen-bond acceptors (Lipinski definition) is 10. The van der Waals surface area contributed by atoms with Crippen molar-refractivity contribution >= 4 is 52.2 Å². The van der Waals surface area contributed by atoms with E-state index in [0.29, 0.717) is 44.1 Å². The van der Waals surface area contributed by atoms with Crippen molar-refractivity contribution < 1.29 is 33.7 Å². The molecular weight excluding hydrogens is 594 g/mol. The Morgan fingerprint density at radius 3 is 2.40 bits per heavy atom. The average molecular weight is 620 g/mol. The highest BCUT2D eigenvalue weighted by atomic mass is 32.2. The second-order valence-electron chi connectivity index (χ2n) is 9.75. The van der Waals surface area contributed by atoms with Crippen LogP contribution in [0.4, 0.5) is 11.4 Å². The van der Waals surface area contributed by atoms with Gasteiger partial charge in [0, 0.05) is 16.5 Å². The lowest BCUT2D eigenvalue weighted by molar-refractivity contribution is -0.122. The van der Waals surface area contributed by atoms with E-state index in [0.717, 1.165) is 11.3 Å². The molecule has 3 atom stereocenters. The number of hydrogen-bond donors (Lipinski definition) is 3. The molecule has 3 amide bonds. The molecule has 11 nitrogen and oxygen atoms in total. The average Bonchev–Trinajstić information content (AvgIpc) is 3.51. The lowest BCUT2D eigenvalue weighted by Crippen LogP contribution is -2.32. The first-order chi connectivity index (χ1) is 20.8. The standard InChI is InChI=1S/C30H25N3O8S2/c1-39-19-10-6-17(7-11-19)33-28(36)24-23(25-27(32-30(38)43-25)42-26(24)29(33)37)15-3-12-20(21(13-15)40-2)41-14-22(35)31-16-4-8-18(34)9-5-16/h3-13,23-24,26,34H,14H2,1-2H3,(H,31,35)(H,32,38)/t23-,24?,26?/m1/s1. The first kappa shape index (κ1) is 28.4. The fourth-order valence-electron chi connectivity index (χ4n) is 5.24. The Hall–Kier alpha value is -4.75. The van der Waals surface area contributed by atoms with Crippen LogP contribution in [0.25, 0.3) is 0 Å². The third kappa shape index (κ3) is 5.32. The highest BCUT2D eigenvalue weighted by molar-refractivity contribution is 8.00. The second-order valence-corrected chi connectivity index (χ2v) is 11.9. The van der Waals surface area contributed by atoms with E-state index in [1.54, 1.807) is 54.6 Å². The molecule has 3 N–H and O–H groups in total. The van der Waals surface area contributed by atoms with E-state index in [9.17, 15) is 24.3 Å². The summed E-state index contributed by atoms with van der Waals surface area (Å²) in [5, 5.41) is 11.9. The molecule has 0 spiro atoms. The molecule has 0 aliphatic carbocycles. The lowest BCUT2D eigenvalue weighted by atomic mass is 9.83. The first-order valence-corrected chi connectivity index (χ1v) is 14.8. The zero-order valence-electron chi connectivity index (χ0n) is 22.9. The van der Waals surface area contributed by atoms with E-state index in [-0.39, 0.29) is 29.0 Å². The summed E-state index contributed by atoms with van der Waals surface area (Å²) in [5.41, 5.74) is 1.59. The summed E-state index contributed by atoms with van der Waals surface area (Å²) >= 11 is 2.20. The second kappa shape index (κ2) is 11.5. The number of aromatic amines is 1. The number of phenolic OH excluding ortho intramolecular Hbond substituents is 1. The van der Waals surface area contributed by atoms with Crippen molar-refractivity contribution in [3.63, 3.8) is 0 Å². The van der Waals surface area contributed by atoms with E-state index in [1.165, 1.54) is 43.0 Å². The maximum absolute atomic E-state index is 13.9. The van der Waals surface area contributed by atoms with Gasteiger partial charge in [-0.05, 0) is 66.2 Å². The van der Waals surface area contributed by atoms with Gasteiger partial charge in [-0.2, -0.15) is 0 Å². The third-order valence-corrected chi connectivity index (χ3v) is 9.61. The number of phenols is 1. The van der Waals surface area contributed by atoms with Crippen LogP contribution >= 0.6 is 23.1 Å². The van der Waals surface area contributed by atoms with Gasteiger partial charge in [-0.1, -0.05) is 29.2 Å². The van der Waals surface area contributed by atoms with Gasteiger partial charge < -0.3 is 29.6 Å². The van der Waals surface area contributed by atoms with Gasteiger partial charge >= 0.3 is 4.87 Å². The number of methoxy groups -OCH3 is 2. The number of carbonyl (C=O) groups excluding carboxylic acids is 3. The molecule has 1 fully saturated rings. The fourth-order valence-corrected chi connectivity index (χ4v) is 7.76. The zero-order chi connectivity index (χ0) is 30.2. The Balaban J connectivity index is 1.29. The predicted octanol–water partition coefficient (Wildman–Crippen LogP) is 3.97. The molecule has 1 aromatic heterocycles. The van der Waals surface area contributed by atoms with Crippen LogP contribution in [0.2, 0.25) is 0 Å². The quantitative estimate of drug-likeness (QED) is 0.197. The zero-order valence-corrected chi connectivity index (χ0v) is 24.5. The number of benzene rings is 3. The molecule has 43 heavy (non-hydrogen) atoms. The molecule has 0 bridgehead atoms. The minimum atomic E-state index is -0.772. The Morgan fingerprint density at radius 1 is 0.953 bits per heavy atom. The number of fused-ring (bicyclic) bond motifs is 2. The molecule has 1 saturated heterocycles. The van der Waals surface area contributed by atoms with Crippen molar-refractivity contribution in [3.05, 3.63) is 86.8 Å². The van der Waals surface area contributed by atoms with Crippen LogP contribution in [0.3, 0.4) is 0 Å². The maximum atomic E-state index is 13.9. The Labute approximate surface area is 253 Å². The van der Waals surface area contributed by atoms with Crippen LogP contribution in [-0.2, 0) is 14.4 Å². The van der Waals surface area contributed by atoms with Crippen LogP contribution in [0.1, 0.15) is 16.4 Å². The summed E-state index contributed by atoms with van der Waals surface area (Å²) in [5.74, 6) is -1.23. The monoisotopic (exact) mass is 619 g/mol. The van der Waals surface area contributed by atoms with Crippen LogP contribution in [0.5, 0.6) is 23.0 Å². The number of nitrogens with one attached hydrogen (secondary N) is 2. The molecule has 6 rings (SSSR count). The number of thiazole rings is 1. The van der Waals surface area contributed by atoms with Crippen molar-refractivity contribution in [1.29, 1.82) is 0 Å². The molecule has 13 heteroatoms. The number of amides is 3. The normalized spacial score (nSPS) is 19.0. The minimum absolute atomic E-state index is 0.0816. The number of ether oxygens (including phenoxy) is 3. The molecule has 0 radical (unpaired) electrons. The van der Waals surface area contributed by atoms with Gasteiger partial charge in [0.15, 0.2) is 18.1 Å². The summed E-state index contributed by atoms with van der Waals surface area (Å²) in [6, 6.07) is 17.8. The first-order valence-electron chi connectivity index (χ1n) is 13.1. The molecule has 0 saturated carbocycles. The van der Waals surface area contributed by atoms with Gasteiger partial charge in [0.2, 0.25) is 11.8 Å². The summed E-state index contributed by atoms with van der Waals surface area (Å²) in [7, 11) is 2.99. The van der Waals surface area contributed by atoms with Gasteiger partial charge in [0.05, 0.1) is 30.9 Å². The Bertz CT molecular complexity index is 1770. The largest absolute Gasteiger partial charge is 0.508 e. The molecule has 2 unspecified atom stereocenters. The SMILES string of the molecule is COc1ccc(N2C(=O)C3Sc4[nH]c(=O)sc4[C@H](c4ccc(OCC(=O)Nc5ccc(O)cc5)c(OC)c4)C3C2=O)cc1. The number of thioether (sulfide) groups is 1. The molecule has 3 aromatic carbocycles. The number of imide groups is 1. The van der Waals surface area contributed by atoms with Crippen molar-refractivity contribution in [2.24, 2.45) is 5.92 Å². The van der Waals surface area contributed by atoms with Crippen LogP contribution in [0, 0.1) is 5.92 Å². The van der Waals surface area contributed by atoms with E-state index in [2.05, 4.69) is 10.3 Å². The number of carbonyl (C=O) groups is 3. The highest BCUT2D eigenvalue weighted by Gasteiger charge is 2.56. The van der Waals surface area contributed by atoms with E-state index < -0.39 is 23.0 Å². The smallest absolute Gasteiger partial charge is 0.305 e. The summed E-state index contributed by atoms with van der Waals surface area (Å²) in [6.07, 6.45) is 0. The van der Waals surface area contributed by atoms with E-state index in [1.807, 2.05) is 0 Å². The fraction of sp³-hybridized carbons (Fsp3) is 0.200. The topological polar surface area (TPSA) is 147 Å². The van der Waals surface area contributed by atoms with Gasteiger partial charge in [-0.3, -0.25) is 19.2 Å². The van der Waals surface area contributed by atoms with Gasteiger partial charge in [-0.15, -0.1) is 0 Å². The summed E-state index contributed by atoms with van der Waals surface area (Å²) in [4.78, 5) is 56.8. The number of aromatic hydroxyl groups is 1. The molecule has 2 aliphatic rings. The molecule has 220 valence electrons. The molecule has 3 heterocycles.